The molecule has 1 aliphatic heterocycles. The number of β-amino-alcohol motifs (C(OH)–C–C–N with tert-alkyl or cyclic N) is 1. The normalized spacial score (nSPS) is 32.6. The van der Waals surface area contributed by atoms with Gasteiger partial charge in [0.25, 0.3) is 0 Å². The van der Waals surface area contributed by atoms with Crippen LogP contribution in [0.2, 0.25) is 0 Å². The predicted octanol–water partition coefficient (Wildman–Crippen LogP) is 2.02. The van der Waals surface area contributed by atoms with Gasteiger partial charge in [0.2, 0.25) is 0 Å². The van der Waals surface area contributed by atoms with Gasteiger partial charge in [0.1, 0.15) is 0 Å². The second-order valence-corrected chi connectivity index (χ2v) is 5.10. The van der Waals surface area contributed by atoms with E-state index in [0.29, 0.717) is 0 Å². The molecule has 0 spiro atoms. The van der Waals surface area contributed by atoms with E-state index in [1.54, 1.807) is 0 Å². The molecule has 2 nitrogen and oxygen atoms in total. The van der Waals surface area contributed by atoms with Crippen LogP contribution in [0.15, 0.2) is 0 Å². The van der Waals surface area contributed by atoms with Gasteiger partial charge < -0.3 is 5.11 Å². The summed E-state index contributed by atoms with van der Waals surface area (Å²) >= 11 is 0. The van der Waals surface area contributed by atoms with Gasteiger partial charge in [-0.3, -0.25) is 4.90 Å². The Labute approximate surface area is 87.3 Å². The Hall–Kier alpha value is -0.0800. The summed E-state index contributed by atoms with van der Waals surface area (Å²) in [7, 11) is 0. The second kappa shape index (κ2) is 4.63. The summed E-state index contributed by atoms with van der Waals surface area (Å²) in [6, 6.07) is 0.798. The van der Waals surface area contributed by atoms with Crippen molar-refractivity contribution in [2.24, 2.45) is 5.92 Å². The zero-order valence-corrected chi connectivity index (χ0v) is 9.28. The van der Waals surface area contributed by atoms with Gasteiger partial charge in [-0.2, -0.15) is 0 Å². The standard InChI is InChI=1S/C12H23NO/c1-10(14)9-13-8-4-7-12(13)11-5-2-3-6-11/h10-12,14H,2-9H2,1H3. The first kappa shape index (κ1) is 10.4. The smallest absolute Gasteiger partial charge is 0.0639 e. The van der Waals surface area contributed by atoms with Crippen molar-refractivity contribution in [3.63, 3.8) is 0 Å². The van der Waals surface area contributed by atoms with Crippen LogP contribution in [0, 0.1) is 5.92 Å². The minimum absolute atomic E-state index is 0.156. The lowest BCUT2D eigenvalue weighted by atomic mass is 9.96. The van der Waals surface area contributed by atoms with Gasteiger partial charge in [0.05, 0.1) is 6.10 Å². The van der Waals surface area contributed by atoms with E-state index in [9.17, 15) is 5.11 Å². The molecule has 2 atom stereocenters. The maximum atomic E-state index is 9.43. The monoisotopic (exact) mass is 197 g/mol. The van der Waals surface area contributed by atoms with E-state index in [4.69, 9.17) is 0 Å². The molecule has 1 saturated heterocycles. The summed E-state index contributed by atoms with van der Waals surface area (Å²) in [5.41, 5.74) is 0. The molecule has 2 fully saturated rings. The minimum atomic E-state index is -0.156. The highest BCUT2D eigenvalue weighted by molar-refractivity contribution is 4.87. The third-order valence-corrected chi connectivity index (χ3v) is 3.86. The van der Waals surface area contributed by atoms with Gasteiger partial charge in [0, 0.05) is 12.6 Å². The Balaban J connectivity index is 1.89. The van der Waals surface area contributed by atoms with Crippen molar-refractivity contribution in [3.05, 3.63) is 0 Å². The summed E-state index contributed by atoms with van der Waals surface area (Å²) in [5, 5.41) is 9.43. The van der Waals surface area contributed by atoms with Crippen molar-refractivity contribution < 1.29 is 5.11 Å². The zero-order chi connectivity index (χ0) is 9.97. The molecule has 0 aromatic rings. The fourth-order valence-electron chi connectivity index (χ4n) is 3.29. The van der Waals surface area contributed by atoms with E-state index in [1.165, 1.54) is 45.1 Å². The molecule has 0 aromatic carbocycles. The molecule has 0 aromatic heterocycles. The van der Waals surface area contributed by atoms with Crippen LogP contribution in [0.3, 0.4) is 0 Å². The third-order valence-electron chi connectivity index (χ3n) is 3.86. The van der Waals surface area contributed by atoms with Crippen LogP contribution in [0.1, 0.15) is 45.4 Å². The zero-order valence-electron chi connectivity index (χ0n) is 9.28. The Morgan fingerprint density at radius 1 is 1.21 bits per heavy atom. The molecule has 0 radical (unpaired) electrons. The number of likely N-dealkylation sites (tertiary alicyclic amines) is 1. The van der Waals surface area contributed by atoms with Crippen LogP contribution >= 0.6 is 0 Å². The van der Waals surface area contributed by atoms with E-state index < -0.39 is 0 Å². The topological polar surface area (TPSA) is 23.5 Å². The molecular weight excluding hydrogens is 174 g/mol. The summed E-state index contributed by atoms with van der Waals surface area (Å²) in [6.45, 7) is 4.01. The number of aliphatic hydroxyl groups excluding tert-OH is 1. The van der Waals surface area contributed by atoms with Crippen molar-refractivity contribution in [3.8, 4) is 0 Å². The van der Waals surface area contributed by atoms with Gasteiger partial charge >= 0.3 is 0 Å². The first-order valence-corrected chi connectivity index (χ1v) is 6.19. The van der Waals surface area contributed by atoms with Gasteiger partial charge in [-0.25, -0.2) is 0 Å². The predicted molar refractivity (Wildman–Crippen MR) is 58.2 cm³/mol. The molecule has 2 unspecified atom stereocenters. The lowest BCUT2D eigenvalue weighted by Crippen LogP contribution is -2.38. The number of hydrogen-bond acceptors (Lipinski definition) is 2. The quantitative estimate of drug-likeness (QED) is 0.748. The summed E-state index contributed by atoms with van der Waals surface area (Å²) in [4.78, 5) is 2.53. The van der Waals surface area contributed by atoms with E-state index in [-0.39, 0.29) is 6.10 Å². The molecule has 1 aliphatic carbocycles. The highest BCUT2D eigenvalue weighted by Crippen LogP contribution is 2.35. The highest BCUT2D eigenvalue weighted by Gasteiger charge is 2.33. The van der Waals surface area contributed by atoms with Gasteiger partial charge in [0.15, 0.2) is 0 Å². The van der Waals surface area contributed by atoms with Crippen LogP contribution in [0.4, 0.5) is 0 Å². The molecule has 0 bridgehead atoms. The summed E-state index contributed by atoms with van der Waals surface area (Å²) in [6.07, 6.45) is 8.29. The average Bonchev–Trinajstić information content (AvgIpc) is 2.70. The maximum Gasteiger partial charge on any atom is 0.0639 e. The highest BCUT2D eigenvalue weighted by atomic mass is 16.3. The first-order chi connectivity index (χ1) is 6.77. The first-order valence-electron chi connectivity index (χ1n) is 6.19. The third kappa shape index (κ3) is 2.29. The Bertz CT molecular complexity index is 175. The van der Waals surface area contributed by atoms with E-state index in [2.05, 4.69) is 4.90 Å². The molecule has 2 aliphatic rings. The Morgan fingerprint density at radius 2 is 1.93 bits per heavy atom. The fourth-order valence-corrected chi connectivity index (χ4v) is 3.29. The Kier molecular flexibility index (Phi) is 3.45. The lowest BCUT2D eigenvalue weighted by molar-refractivity contribution is 0.100. The summed E-state index contributed by atoms with van der Waals surface area (Å²) in [5.74, 6) is 0.941. The van der Waals surface area contributed by atoms with Crippen molar-refractivity contribution >= 4 is 0 Å². The van der Waals surface area contributed by atoms with Crippen LogP contribution in [-0.4, -0.2) is 35.2 Å². The number of hydrogen-bond donors (Lipinski definition) is 1. The molecule has 1 N–H and O–H groups in total. The molecule has 0 amide bonds. The molecule has 14 heavy (non-hydrogen) atoms. The number of rotatable bonds is 3. The molecular formula is C12H23NO. The number of aliphatic hydroxyl groups is 1. The molecule has 2 heteroatoms. The molecule has 1 saturated carbocycles. The van der Waals surface area contributed by atoms with Crippen LogP contribution in [0.25, 0.3) is 0 Å². The molecule has 1 heterocycles. The van der Waals surface area contributed by atoms with Gasteiger partial charge in [-0.15, -0.1) is 0 Å². The Morgan fingerprint density at radius 3 is 2.57 bits per heavy atom. The van der Waals surface area contributed by atoms with Crippen molar-refractivity contribution in [1.29, 1.82) is 0 Å². The van der Waals surface area contributed by atoms with E-state index in [1.807, 2.05) is 6.92 Å². The van der Waals surface area contributed by atoms with Crippen LogP contribution in [0.5, 0.6) is 0 Å². The van der Waals surface area contributed by atoms with Crippen molar-refractivity contribution in [2.45, 2.75) is 57.6 Å². The SMILES string of the molecule is CC(O)CN1CCCC1C1CCCC1. The second-order valence-electron chi connectivity index (χ2n) is 5.10. The molecule has 82 valence electrons. The van der Waals surface area contributed by atoms with E-state index in [0.717, 1.165) is 18.5 Å². The lowest BCUT2D eigenvalue weighted by Gasteiger charge is -2.30. The van der Waals surface area contributed by atoms with Crippen LogP contribution in [-0.2, 0) is 0 Å². The van der Waals surface area contributed by atoms with Gasteiger partial charge in [-0.05, 0) is 45.1 Å². The maximum absolute atomic E-state index is 9.43. The van der Waals surface area contributed by atoms with Crippen molar-refractivity contribution in [1.82, 2.24) is 4.90 Å². The summed E-state index contributed by atoms with van der Waals surface area (Å²) < 4.78 is 0. The minimum Gasteiger partial charge on any atom is -0.392 e. The largest absolute Gasteiger partial charge is 0.392 e. The van der Waals surface area contributed by atoms with Gasteiger partial charge in [-0.1, -0.05) is 12.8 Å². The number of nitrogens with zero attached hydrogens (tertiary/aromatic N) is 1. The fraction of sp³-hybridized carbons (Fsp3) is 1.00. The van der Waals surface area contributed by atoms with E-state index >= 15 is 0 Å². The van der Waals surface area contributed by atoms with Crippen LogP contribution < -0.4 is 0 Å². The average molecular weight is 197 g/mol. The van der Waals surface area contributed by atoms with Crippen molar-refractivity contribution in [2.75, 3.05) is 13.1 Å². The molecule has 2 rings (SSSR count).